The largest absolute Gasteiger partial charge is 0.387 e. The average molecular weight is 276 g/mol. The molecule has 1 aromatic heterocycles. The van der Waals surface area contributed by atoms with Gasteiger partial charge in [0.15, 0.2) is 0 Å². The maximum atomic E-state index is 10.4. The molecule has 1 aromatic carbocycles. The van der Waals surface area contributed by atoms with Gasteiger partial charge in [0.2, 0.25) is 0 Å². The van der Waals surface area contributed by atoms with Gasteiger partial charge in [-0.1, -0.05) is 47.7 Å². The van der Waals surface area contributed by atoms with Crippen LogP contribution in [0.15, 0.2) is 18.2 Å². The Morgan fingerprint density at radius 1 is 1.16 bits per heavy atom. The second-order valence-electron chi connectivity index (χ2n) is 5.39. The highest BCUT2D eigenvalue weighted by molar-refractivity contribution is 7.05. The fourth-order valence-electron chi connectivity index (χ4n) is 2.34. The molecule has 2 aromatic rings. The molecular weight excluding hydrogens is 256 g/mol. The SMILES string of the molecule is Cc1cc(C)cc(CC(O)c2snnc2C(C)C)c1. The van der Waals surface area contributed by atoms with Gasteiger partial charge in [-0.25, -0.2) is 0 Å². The van der Waals surface area contributed by atoms with E-state index in [0.29, 0.717) is 12.3 Å². The number of nitrogens with zero attached hydrogens (tertiary/aromatic N) is 2. The van der Waals surface area contributed by atoms with Crippen LogP contribution >= 0.6 is 11.5 Å². The third kappa shape index (κ3) is 3.39. The molecule has 0 fully saturated rings. The molecule has 0 aliphatic rings. The van der Waals surface area contributed by atoms with E-state index in [9.17, 15) is 5.11 Å². The van der Waals surface area contributed by atoms with E-state index >= 15 is 0 Å². The Morgan fingerprint density at radius 3 is 2.37 bits per heavy atom. The van der Waals surface area contributed by atoms with Crippen LogP contribution in [0.5, 0.6) is 0 Å². The summed E-state index contributed by atoms with van der Waals surface area (Å²) in [6, 6.07) is 6.39. The number of rotatable bonds is 4. The summed E-state index contributed by atoms with van der Waals surface area (Å²) < 4.78 is 3.97. The lowest BCUT2D eigenvalue weighted by Crippen LogP contribution is -2.04. The number of benzene rings is 1. The maximum absolute atomic E-state index is 10.4. The molecule has 102 valence electrons. The number of hydrogen-bond donors (Lipinski definition) is 1. The van der Waals surface area contributed by atoms with E-state index in [-0.39, 0.29) is 0 Å². The highest BCUT2D eigenvalue weighted by Gasteiger charge is 2.19. The first-order chi connectivity index (χ1) is 8.97. The molecule has 0 bridgehead atoms. The van der Waals surface area contributed by atoms with Crippen molar-refractivity contribution in [1.29, 1.82) is 0 Å². The fourth-order valence-corrected chi connectivity index (χ4v) is 3.13. The third-order valence-electron chi connectivity index (χ3n) is 3.10. The maximum Gasteiger partial charge on any atom is 0.0957 e. The van der Waals surface area contributed by atoms with Crippen LogP contribution in [0.25, 0.3) is 0 Å². The molecule has 3 nitrogen and oxygen atoms in total. The summed E-state index contributed by atoms with van der Waals surface area (Å²) in [6.45, 7) is 8.31. The van der Waals surface area contributed by atoms with Gasteiger partial charge in [-0.3, -0.25) is 0 Å². The Balaban J connectivity index is 2.20. The minimum Gasteiger partial charge on any atom is -0.387 e. The predicted octanol–water partition coefficient (Wildman–Crippen LogP) is 3.55. The lowest BCUT2D eigenvalue weighted by atomic mass is 9.99. The number of aromatic nitrogens is 2. The van der Waals surface area contributed by atoms with Crippen molar-refractivity contribution >= 4 is 11.5 Å². The van der Waals surface area contributed by atoms with Crippen molar-refractivity contribution in [3.05, 3.63) is 45.5 Å². The van der Waals surface area contributed by atoms with Crippen molar-refractivity contribution < 1.29 is 5.11 Å². The van der Waals surface area contributed by atoms with E-state index in [2.05, 4.69) is 55.5 Å². The smallest absolute Gasteiger partial charge is 0.0957 e. The molecule has 1 heterocycles. The lowest BCUT2D eigenvalue weighted by molar-refractivity contribution is 0.180. The van der Waals surface area contributed by atoms with Crippen LogP contribution in [0.3, 0.4) is 0 Å². The van der Waals surface area contributed by atoms with E-state index < -0.39 is 6.10 Å². The highest BCUT2D eigenvalue weighted by atomic mass is 32.1. The standard InChI is InChI=1S/C15H20N2OS/c1-9(2)14-15(19-17-16-14)13(18)8-12-6-10(3)5-11(4)7-12/h5-7,9,13,18H,8H2,1-4H3. The molecule has 0 aliphatic heterocycles. The summed E-state index contributed by atoms with van der Waals surface area (Å²) in [7, 11) is 0. The fraction of sp³-hybridized carbons (Fsp3) is 0.467. The normalized spacial score (nSPS) is 12.9. The van der Waals surface area contributed by atoms with Crippen molar-refractivity contribution in [3.8, 4) is 0 Å². The summed E-state index contributed by atoms with van der Waals surface area (Å²) in [5.41, 5.74) is 4.54. The monoisotopic (exact) mass is 276 g/mol. The molecule has 1 atom stereocenters. The number of hydrogen-bond acceptors (Lipinski definition) is 4. The zero-order valence-corrected chi connectivity index (χ0v) is 12.7. The van der Waals surface area contributed by atoms with Crippen LogP contribution in [0.4, 0.5) is 0 Å². The van der Waals surface area contributed by atoms with Gasteiger partial charge in [0.05, 0.1) is 16.7 Å². The van der Waals surface area contributed by atoms with Crippen LogP contribution in [-0.2, 0) is 6.42 Å². The van der Waals surface area contributed by atoms with Crippen molar-refractivity contribution in [1.82, 2.24) is 9.59 Å². The van der Waals surface area contributed by atoms with E-state index in [4.69, 9.17) is 0 Å². The van der Waals surface area contributed by atoms with Crippen LogP contribution in [0.1, 0.15) is 53.1 Å². The van der Waals surface area contributed by atoms with Gasteiger partial charge in [0, 0.05) is 6.42 Å². The van der Waals surface area contributed by atoms with Crippen LogP contribution in [0, 0.1) is 13.8 Å². The first-order valence-electron chi connectivity index (χ1n) is 6.54. The van der Waals surface area contributed by atoms with Crippen molar-refractivity contribution in [2.75, 3.05) is 0 Å². The third-order valence-corrected chi connectivity index (χ3v) is 3.94. The molecule has 1 N–H and O–H groups in total. The Morgan fingerprint density at radius 2 is 1.79 bits per heavy atom. The summed E-state index contributed by atoms with van der Waals surface area (Å²) >= 11 is 1.30. The molecule has 0 spiro atoms. The molecular formula is C15H20N2OS. The Labute approximate surface area is 118 Å². The zero-order chi connectivity index (χ0) is 14.0. The Kier molecular flexibility index (Phi) is 4.32. The van der Waals surface area contributed by atoms with Gasteiger partial charge < -0.3 is 5.11 Å². The molecule has 4 heteroatoms. The predicted molar refractivity (Wildman–Crippen MR) is 78.6 cm³/mol. The van der Waals surface area contributed by atoms with Crippen LogP contribution < -0.4 is 0 Å². The first-order valence-corrected chi connectivity index (χ1v) is 7.32. The molecule has 0 amide bonds. The summed E-state index contributed by atoms with van der Waals surface area (Å²) in [5.74, 6) is 0.294. The van der Waals surface area contributed by atoms with Gasteiger partial charge >= 0.3 is 0 Å². The average Bonchev–Trinajstić information content (AvgIpc) is 2.75. The molecule has 0 saturated heterocycles. The van der Waals surface area contributed by atoms with Crippen LogP contribution in [0.2, 0.25) is 0 Å². The molecule has 0 saturated carbocycles. The summed E-state index contributed by atoms with van der Waals surface area (Å²) in [5, 5.41) is 14.5. The molecule has 2 rings (SSSR count). The van der Waals surface area contributed by atoms with E-state index in [0.717, 1.165) is 16.1 Å². The van der Waals surface area contributed by atoms with E-state index in [1.54, 1.807) is 0 Å². The van der Waals surface area contributed by atoms with Crippen molar-refractivity contribution in [3.63, 3.8) is 0 Å². The van der Waals surface area contributed by atoms with E-state index in [1.165, 1.54) is 22.7 Å². The molecule has 19 heavy (non-hydrogen) atoms. The molecule has 0 aliphatic carbocycles. The quantitative estimate of drug-likeness (QED) is 0.928. The van der Waals surface area contributed by atoms with Gasteiger partial charge in [0.1, 0.15) is 0 Å². The number of aliphatic hydroxyl groups excluding tert-OH is 1. The topological polar surface area (TPSA) is 46.0 Å². The molecule has 0 radical (unpaired) electrons. The Hall–Kier alpha value is -1.26. The lowest BCUT2D eigenvalue weighted by Gasteiger charge is -2.12. The minimum absolute atomic E-state index is 0.294. The van der Waals surface area contributed by atoms with Crippen molar-refractivity contribution in [2.45, 2.75) is 46.1 Å². The van der Waals surface area contributed by atoms with Crippen LogP contribution in [-0.4, -0.2) is 14.7 Å². The number of aliphatic hydroxyl groups is 1. The number of aryl methyl sites for hydroxylation is 2. The minimum atomic E-state index is -0.515. The van der Waals surface area contributed by atoms with Gasteiger partial charge in [-0.15, -0.1) is 5.10 Å². The van der Waals surface area contributed by atoms with E-state index in [1.807, 2.05) is 0 Å². The van der Waals surface area contributed by atoms with Gasteiger partial charge in [-0.2, -0.15) is 0 Å². The zero-order valence-electron chi connectivity index (χ0n) is 11.8. The summed E-state index contributed by atoms with van der Waals surface area (Å²) in [4.78, 5) is 0.897. The summed E-state index contributed by atoms with van der Waals surface area (Å²) in [6.07, 6.45) is 0.102. The van der Waals surface area contributed by atoms with Gasteiger partial charge in [0.25, 0.3) is 0 Å². The first kappa shape index (κ1) is 14.2. The Bertz CT molecular complexity index is 543. The second-order valence-corrected chi connectivity index (χ2v) is 6.18. The molecule has 1 unspecified atom stereocenters. The van der Waals surface area contributed by atoms with Gasteiger partial charge in [-0.05, 0) is 36.9 Å². The highest BCUT2D eigenvalue weighted by Crippen LogP contribution is 2.28. The second kappa shape index (κ2) is 5.80. The van der Waals surface area contributed by atoms with Crippen molar-refractivity contribution in [2.24, 2.45) is 0 Å².